The highest BCUT2D eigenvalue weighted by atomic mass is 14.7. The van der Waals surface area contributed by atoms with Gasteiger partial charge in [0.25, 0.3) is 0 Å². The normalized spacial score (nSPS) is 11.6. The number of pyridine rings is 1. The number of unbranched alkanes of at least 4 members (excludes halogenated alkanes) is 40. The van der Waals surface area contributed by atoms with Gasteiger partial charge in [-0.2, -0.15) is 0 Å². The summed E-state index contributed by atoms with van der Waals surface area (Å²) >= 11 is 0. The zero-order valence-corrected chi connectivity index (χ0v) is 36.3. The van der Waals surface area contributed by atoms with Gasteiger partial charge in [0.1, 0.15) is 0 Å². The van der Waals surface area contributed by atoms with E-state index < -0.39 is 0 Å². The van der Waals surface area contributed by atoms with Crippen LogP contribution >= 0.6 is 0 Å². The highest BCUT2D eigenvalue weighted by Gasteiger charge is 2.01. The lowest BCUT2D eigenvalue weighted by molar-refractivity contribution is 0.520. The molecule has 0 saturated heterocycles. The molecule has 1 heteroatoms. The van der Waals surface area contributed by atoms with E-state index >= 15 is 0 Å². The summed E-state index contributed by atoms with van der Waals surface area (Å²) in [7, 11) is 0. The number of aromatic nitrogens is 1. The molecule has 0 amide bonds. The quantitative estimate of drug-likeness (QED) is 0.0611. The van der Waals surface area contributed by atoms with Crippen LogP contribution in [-0.2, 0) is 12.8 Å². The Kier molecular flexibility index (Phi) is 40.6. The van der Waals surface area contributed by atoms with Crippen LogP contribution in [0, 0.1) is 0 Å². The molecule has 52 heavy (non-hydrogen) atoms. The van der Waals surface area contributed by atoms with Gasteiger partial charge in [-0.05, 0) is 37.8 Å². The highest BCUT2D eigenvalue weighted by Crippen LogP contribution is 2.18. The molecule has 0 unspecified atom stereocenters. The van der Waals surface area contributed by atoms with E-state index in [4.69, 9.17) is 4.98 Å². The first-order valence-electron chi connectivity index (χ1n) is 24.8. The Morgan fingerprint density at radius 3 is 0.615 bits per heavy atom. The topological polar surface area (TPSA) is 12.9 Å². The van der Waals surface area contributed by atoms with Crippen LogP contribution in [-0.4, -0.2) is 4.98 Å². The van der Waals surface area contributed by atoms with Gasteiger partial charge in [0.15, 0.2) is 0 Å². The van der Waals surface area contributed by atoms with Crippen LogP contribution < -0.4 is 0 Å². The maximum atomic E-state index is 5.02. The molecule has 0 aliphatic rings. The molecule has 0 spiro atoms. The van der Waals surface area contributed by atoms with Crippen molar-refractivity contribution in [3.63, 3.8) is 0 Å². The van der Waals surface area contributed by atoms with Crippen molar-refractivity contribution in [2.75, 3.05) is 0 Å². The second-order valence-electron chi connectivity index (χ2n) is 17.3. The molecule has 0 fully saturated rings. The molecule has 1 aromatic heterocycles. The van der Waals surface area contributed by atoms with Gasteiger partial charge >= 0.3 is 0 Å². The smallest absolute Gasteiger partial charge is 0.0406 e. The number of nitrogens with zero attached hydrogens (tertiary/aromatic N) is 1. The number of aryl methyl sites for hydroxylation is 2. The lowest BCUT2D eigenvalue weighted by atomic mass is 10.0. The second kappa shape index (κ2) is 42.9. The Morgan fingerprint density at radius 2 is 0.423 bits per heavy atom. The van der Waals surface area contributed by atoms with Gasteiger partial charge in [-0.1, -0.05) is 277 Å². The van der Waals surface area contributed by atoms with E-state index in [0.717, 1.165) is 0 Å². The number of rotatable bonds is 44. The van der Waals surface area contributed by atoms with E-state index in [-0.39, 0.29) is 0 Å². The van der Waals surface area contributed by atoms with Crippen molar-refractivity contribution >= 4 is 0 Å². The van der Waals surface area contributed by atoms with E-state index in [1.54, 1.807) is 0 Å². The van der Waals surface area contributed by atoms with Crippen molar-refractivity contribution in [2.24, 2.45) is 0 Å². The van der Waals surface area contributed by atoms with E-state index in [0.29, 0.717) is 0 Å². The summed E-state index contributed by atoms with van der Waals surface area (Å²) in [5.74, 6) is 0. The molecule has 0 aromatic carbocycles. The van der Waals surface area contributed by atoms with Gasteiger partial charge in [-0.3, -0.25) is 4.98 Å². The van der Waals surface area contributed by atoms with Gasteiger partial charge in [-0.25, -0.2) is 0 Å². The summed E-state index contributed by atoms with van der Waals surface area (Å²) in [4.78, 5) is 5.02. The predicted octanol–water partition coefficient (Wildman–Crippen LogP) is 18.6. The molecule has 0 saturated carbocycles. The maximum absolute atomic E-state index is 5.02. The van der Waals surface area contributed by atoms with Gasteiger partial charge in [0.2, 0.25) is 0 Å². The lowest BCUT2D eigenvalue weighted by Gasteiger charge is -2.06. The largest absolute Gasteiger partial charge is 0.258 e. The average molecular weight is 724 g/mol. The van der Waals surface area contributed by atoms with Crippen molar-refractivity contribution in [3.05, 3.63) is 29.6 Å². The van der Waals surface area contributed by atoms with Crippen LogP contribution in [0.15, 0.2) is 18.2 Å². The fraction of sp³-hybridized carbons (Fsp3) is 0.902. The van der Waals surface area contributed by atoms with Gasteiger partial charge in [0.05, 0.1) is 0 Å². The van der Waals surface area contributed by atoms with Crippen LogP contribution in [0.5, 0.6) is 0 Å². The van der Waals surface area contributed by atoms with Crippen LogP contribution in [0.2, 0.25) is 0 Å². The fourth-order valence-corrected chi connectivity index (χ4v) is 8.28. The Bertz CT molecular complexity index is 724. The van der Waals surface area contributed by atoms with Crippen molar-refractivity contribution in [2.45, 2.75) is 296 Å². The minimum Gasteiger partial charge on any atom is -0.258 e. The lowest BCUT2D eigenvalue weighted by Crippen LogP contribution is -1.96. The summed E-state index contributed by atoms with van der Waals surface area (Å²) in [6.07, 6.45) is 63.3. The number of hydrogen-bond donors (Lipinski definition) is 0. The minimum atomic E-state index is 1.17. The highest BCUT2D eigenvalue weighted by molar-refractivity contribution is 5.11. The first-order valence-corrected chi connectivity index (χ1v) is 24.8. The molecule has 0 atom stereocenters. The Labute approximate surface area is 329 Å². The van der Waals surface area contributed by atoms with Crippen molar-refractivity contribution in [1.29, 1.82) is 0 Å². The van der Waals surface area contributed by atoms with Crippen LogP contribution in [0.3, 0.4) is 0 Å². The Hall–Kier alpha value is -0.850. The summed E-state index contributed by atoms with van der Waals surface area (Å²) in [6.45, 7) is 4.62. The van der Waals surface area contributed by atoms with Crippen molar-refractivity contribution in [1.82, 2.24) is 4.98 Å². The molecule has 0 aliphatic heterocycles. The molecule has 0 bridgehead atoms. The summed E-state index contributed by atoms with van der Waals surface area (Å²) in [5, 5.41) is 0. The monoisotopic (exact) mass is 724 g/mol. The third-order valence-electron chi connectivity index (χ3n) is 11.9. The van der Waals surface area contributed by atoms with Crippen LogP contribution in [0.25, 0.3) is 0 Å². The third-order valence-corrected chi connectivity index (χ3v) is 11.9. The molecule has 0 radical (unpaired) electrons. The molecular weight excluding hydrogens is 627 g/mol. The van der Waals surface area contributed by atoms with E-state index in [1.165, 1.54) is 294 Å². The van der Waals surface area contributed by atoms with Gasteiger partial charge < -0.3 is 0 Å². The average Bonchev–Trinajstić information content (AvgIpc) is 3.16. The van der Waals surface area contributed by atoms with Crippen LogP contribution in [0.4, 0.5) is 0 Å². The van der Waals surface area contributed by atoms with Crippen molar-refractivity contribution in [3.8, 4) is 0 Å². The minimum absolute atomic E-state index is 1.17. The standard InChI is InChI=1S/C51H97N/c1-3-5-7-9-11-13-15-17-19-21-23-25-27-29-31-33-35-37-39-41-43-46-50-48-45-49-51(52-50)47-44-42-40-38-36-34-32-30-28-26-24-22-20-18-16-14-12-10-8-6-4-2/h45,48-49H,3-44,46-47H2,1-2H3. The Morgan fingerprint density at radius 1 is 0.250 bits per heavy atom. The number of hydrogen-bond acceptors (Lipinski definition) is 1. The molecule has 0 N–H and O–H groups in total. The molecule has 1 aromatic rings. The third kappa shape index (κ3) is 37.5. The molecule has 0 aliphatic carbocycles. The first-order chi connectivity index (χ1) is 25.9. The maximum Gasteiger partial charge on any atom is 0.0406 e. The molecule has 306 valence electrons. The van der Waals surface area contributed by atoms with E-state index in [2.05, 4.69) is 32.0 Å². The summed E-state index contributed by atoms with van der Waals surface area (Å²) in [6, 6.07) is 6.78. The summed E-state index contributed by atoms with van der Waals surface area (Å²) in [5.41, 5.74) is 2.66. The van der Waals surface area contributed by atoms with Crippen LogP contribution in [0.1, 0.15) is 295 Å². The molecule has 1 heterocycles. The van der Waals surface area contributed by atoms with Crippen molar-refractivity contribution < 1.29 is 0 Å². The summed E-state index contributed by atoms with van der Waals surface area (Å²) < 4.78 is 0. The molecule has 1 nitrogen and oxygen atoms in total. The SMILES string of the molecule is CCCCCCCCCCCCCCCCCCCCCCCc1cccc(CCCCCCCCCCCCCCCCCCCCCCC)n1. The predicted molar refractivity (Wildman–Crippen MR) is 237 cm³/mol. The van der Waals surface area contributed by atoms with E-state index in [1.807, 2.05) is 0 Å². The zero-order valence-electron chi connectivity index (χ0n) is 36.3. The zero-order chi connectivity index (χ0) is 37.1. The van der Waals surface area contributed by atoms with E-state index in [9.17, 15) is 0 Å². The second-order valence-corrected chi connectivity index (χ2v) is 17.3. The van der Waals surface area contributed by atoms with Gasteiger partial charge in [0, 0.05) is 11.4 Å². The van der Waals surface area contributed by atoms with Gasteiger partial charge in [-0.15, -0.1) is 0 Å². The molecule has 1 rings (SSSR count). The molecular formula is C51H97N. The first kappa shape index (κ1) is 49.2. The fourth-order valence-electron chi connectivity index (χ4n) is 8.28. The Balaban J connectivity index is 1.79.